The Morgan fingerprint density at radius 3 is 2.84 bits per heavy atom. The van der Waals surface area contributed by atoms with Crippen LogP contribution in [0.25, 0.3) is 10.6 Å². The van der Waals surface area contributed by atoms with E-state index in [-0.39, 0.29) is 0 Å². The van der Waals surface area contributed by atoms with Crippen molar-refractivity contribution in [1.82, 2.24) is 19.9 Å². The molecule has 0 atom stereocenters. The minimum Gasteiger partial charge on any atom is -0.293 e. The predicted molar refractivity (Wildman–Crippen MR) is 101 cm³/mol. The van der Waals surface area contributed by atoms with Crippen LogP contribution in [-0.2, 0) is 25.9 Å². The number of nitrogens with zero attached hydrogens (tertiary/aromatic N) is 4. The van der Waals surface area contributed by atoms with E-state index in [0.717, 1.165) is 49.7 Å². The summed E-state index contributed by atoms with van der Waals surface area (Å²) in [6, 6.07) is 10.4. The fraction of sp³-hybridized carbons (Fsp3) is 0.350. The van der Waals surface area contributed by atoms with Gasteiger partial charge in [0.15, 0.2) is 0 Å². The summed E-state index contributed by atoms with van der Waals surface area (Å²) in [5.74, 6) is 0.990. The second kappa shape index (κ2) is 7.42. The van der Waals surface area contributed by atoms with Gasteiger partial charge in [-0.2, -0.15) is 0 Å². The summed E-state index contributed by atoms with van der Waals surface area (Å²) in [7, 11) is 0. The summed E-state index contributed by atoms with van der Waals surface area (Å²) >= 11 is 1.79. The van der Waals surface area contributed by atoms with Gasteiger partial charge in [0, 0.05) is 66.6 Å². The highest BCUT2D eigenvalue weighted by Crippen LogP contribution is 2.27. The largest absolute Gasteiger partial charge is 0.293 e. The molecule has 2 aromatic heterocycles. The first-order valence-electron chi connectivity index (χ1n) is 8.88. The van der Waals surface area contributed by atoms with Gasteiger partial charge in [0.05, 0.1) is 0 Å². The molecule has 3 aromatic rings. The van der Waals surface area contributed by atoms with Gasteiger partial charge in [-0.05, 0) is 6.42 Å². The van der Waals surface area contributed by atoms with Crippen molar-refractivity contribution in [2.75, 3.05) is 6.54 Å². The van der Waals surface area contributed by atoms with Gasteiger partial charge in [0.25, 0.3) is 0 Å². The predicted octanol–water partition coefficient (Wildman–Crippen LogP) is 4.11. The van der Waals surface area contributed by atoms with Gasteiger partial charge in [-0.15, -0.1) is 11.3 Å². The number of thiazole rings is 1. The summed E-state index contributed by atoms with van der Waals surface area (Å²) in [5.41, 5.74) is 3.71. The highest BCUT2D eigenvalue weighted by atomic mass is 32.1. The smallest absolute Gasteiger partial charge is 0.128 e. The van der Waals surface area contributed by atoms with Crippen LogP contribution in [0.1, 0.15) is 35.3 Å². The Labute approximate surface area is 152 Å². The number of rotatable bonds is 5. The molecular formula is C20H22N4S. The minimum atomic E-state index is 0.931. The Balaban J connectivity index is 1.44. The van der Waals surface area contributed by atoms with E-state index in [4.69, 9.17) is 4.98 Å². The van der Waals surface area contributed by atoms with E-state index >= 15 is 0 Å². The Hall–Kier alpha value is -2.11. The quantitative estimate of drug-likeness (QED) is 0.694. The molecule has 1 aliphatic heterocycles. The molecule has 4 nitrogen and oxygen atoms in total. The van der Waals surface area contributed by atoms with Crippen LogP contribution < -0.4 is 0 Å². The lowest BCUT2D eigenvalue weighted by Gasteiger charge is -2.27. The molecule has 0 bridgehead atoms. The van der Waals surface area contributed by atoms with Crippen LogP contribution in [0.5, 0.6) is 0 Å². The van der Waals surface area contributed by atoms with E-state index in [1.54, 1.807) is 11.3 Å². The van der Waals surface area contributed by atoms with Crippen LogP contribution in [0, 0.1) is 0 Å². The lowest BCUT2D eigenvalue weighted by molar-refractivity contribution is 0.244. The Bertz CT molecular complexity index is 844. The zero-order chi connectivity index (χ0) is 17.1. The molecule has 5 heteroatoms. The molecule has 0 saturated carbocycles. The van der Waals surface area contributed by atoms with E-state index in [2.05, 4.69) is 46.1 Å². The maximum absolute atomic E-state index is 4.74. The average molecular weight is 350 g/mol. The number of hydrogen-bond donors (Lipinski definition) is 0. The molecule has 4 rings (SSSR count). The number of hydrogen-bond acceptors (Lipinski definition) is 5. The fourth-order valence-corrected chi connectivity index (χ4v) is 4.17. The Morgan fingerprint density at radius 1 is 1.12 bits per heavy atom. The molecule has 3 heterocycles. The van der Waals surface area contributed by atoms with E-state index < -0.39 is 0 Å². The van der Waals surface area contributed by atoms with Crippen molar-refractivity contribution in [2.24, 2.45) is 0 Å². The topological polar surface area (TPSA) is 41.9 Å². The van der Waals surface area contributed by atoms with E-state index in [1.807, 2.05) is 18.5 Å². The third-order valence-electron chi connectivity index (χ3n) is 4.49. The normalized spacial score (nSPS) is 14.4. The highest BCUT2D eigenvalue weighted by molar-refractivity contribution is 7.15. The van der Waals surface area contributed by atoms with Crippen molar-refractivity contribution in [3.8, 4) is 10.6 Å². The summed E-state index contributed by atoms with van der Waals surface area (Å²) < 4.78 is 0. The highest BCUT2D eigenvalue weighted by Gasteiger charge is 2.19. The second-order valence-corrected chi connectivity index (χ2v) is 7.58. The molecule has 1 aromatic carbocycles. The number of aromatic nitrogens is 3. The van der Waals surface area contributed by atoms with Crippen molar-refractivity contribution >= 4 is 11.3 Å². The summed E-state index contributed by atoms with van der Waals surface area (Å²) in [5, 5.41) is 1.10. The van der Waals surface area contributed by atoms with Gasteiger partial charge in [0.1, 0.15) is 10.8 Å². The van der Waals surface area contributed by atoms with Crippen LogP contribution in [0.2, 0.25) is 0 Å². The van der Waals surface area contributed by atoms with Crippen molar-refractivity contribution in [3.05, 3.63) is 64.7 Å². The van der Waals surface area contributed by atoms with Gasteiger partial charge in [-0.1, -0.05) is 37.3 Å². The molecule has 0 aliphatic carbocycles. The zero-order valence-electron chi connectivity index (χ0n) is 14.5. The number of fused-ring (bicyclic) bond motifs is 1. The monoisotopic (exact) mass is 350 g/mol. The minimum absolute atomic E-state index is 0.931. The van der Waals surface area contributed by atoms with Gasteiger partial charge >= 0.3 is 0 Å². The third kappa shape index (κ3) is 3.78. The first-order chi connectivity index (χ1) is 12.3. The maximum atomic E-state index is 4.74. The molecule has 0 N–H and O–H groups in total. The average Bonchev–Trinajstić information content (AvgIpc) is 3.11. The Morgan fingerprint density at radius 2 is 2.00 bits per heavy atom. The molecule has 25 heavy (non-hydrogen) atoms. The molecular weight excluding hydrogens is 328 g/mol. The second-order valence-electron chi connectivity index (χ2n) is 6.47. The van der Waals surface area contributed by atoms with Crippen molar-refractivity contribution in [2.45, 2.75) is 39.3 Å². The number of aryl methyl sites for hydroxylation is 1. The van der Waals surface area contributed by atoms with Gasteiger partial charge in [-0.3, -0.25) is 4.90 Å². The van der Waals surface area contributed by atoms with Gasteiger partial charge in [0.2, 0.25) is 0 Å². The Kier molecular flexibility index (Phi) is 4.85. The molecule has 0 radical (unpaired) electrons. The van der Waals surface area contributed by atoms with Gasteiger partial charge in [-0.25, -0.2) is 15.0 Å². The fourth-order valence-electron chi connectivity index (χ4n) is 3.21. The summed E-state index contributed by atoms with van der Waals surface area (Å²) in [4.78, 5) is 17.6. The maximum Gasteiger partial charge on any atom is 0.128 e. The first-order valence-corrected chi connectivity index (χ1v) is 9.69. The van der Waals surface area contributed by atoms with Crippen LogP contribution in [0.4, 0.5) is 0 Å². The van der Waals surface area contributed by atoms with Crippen LogP contribution in [-0.4, -0.2) is 26.4 Å². The SMILES string of the molecule is CCCc1ncc2c(n1)CCN(Cc1cnc(-c3ccccc3)s1)C2. The van der Waals surface area contributed by atoms with E-state index in [1.165, 1.54) is 21.7 Å². The standard InChI is InChI=1S/C20H22N4S/c1-2-6-19-21-11-16-13-24(10-9-18(16)23-19)14-17-12-22-20(25-17)15-7-4-3-5-8-15/h3-5,7-8,11-12H,2,6,9-10,13-14H2,1H3. The lowest BCUT2D eigenvalue weighted by atomic mass is 10.1. The first kappa shape index (κ1) is 16.4. The van der Waals surface area contributed by atoms with Crippen molar-refractivity contribution in [1.29, 1.82) is 0 Å². The summed E-state index contributed by atoms with van der Waals surface area (Å²) in [6.07, 6.45) is 7.13. The van der Waals surface area contributed by atoms with Crippen molar-refractivity contribution in [3.63, 3.8) is 0 Å². The van der Waals surface area contributed by atoms with Crippen LogP contribution >= 0.6 is 11.3 Å². The molecule has 0 amide bonds. The zero-order valence-corrected chi connectivity index (χ0v) is 15.3. The molecule has 128 valence electrons. The van der Waals surface area contributed by atoms with E-state index in [0.29, 0.717) is 0 Å². The number of benzene rings is 1. The van der Waals surface area contributed by atoms with Crippen LogP contribution in [0.15, 0.2) is 42.7 Å². The van der Waals surface area contributed by atoms with Gasteiger partial charge < -0.3 is 0 Å². The molecule has 0 spiro atoms. The summed E-state index contributed by atoms with van der Waals surface area (Å²) in [6.45, 7) is 5.10. The molecule has 1 aliphatic rings. The third-order valence-corrected chi connectivity index (χ3v) is 5.52. The molecule has 0 fully saturated rings. The molecule has 0 saturated heterocycles. The van der Waals surface area contributed by atoms with Crippen molar-refractivity contribution < 1.29 is 0 Å². The van der Waals surface area contributed by atoms with E-state index in [9.17, 15) is 0 Å². The van der Waals surface area contributed by atoms with Crippen LogP contribution in [0.3, 0.4) is 0 Å². The lowest BCUT2D eigenvalue weighted by Crippen LogP contribution is -2.30. The molecule has 0 unspecified atom stereocenters.